The number of amides is 1. The molecule has 2 atom stereocenters. The first-order chi connectivity index (χ1) is 13.5. The number of nitrogens with one attached hydrogen (secondary N) is 1. The van der Waals surface area contributed by atoms with Gasteiger partial charge in [-0.05, 0) is 50.1 Å². The molecule has 1 amide bonds. The number of carbonyl (C=O) groups excluding carboxylic acids is 1. The molecule has 1 saturated carbocycles. The van der Waals surface area contributed by atoms with Crippen molar-refractivity contribution in [1.82, 2.24) is 15.1 Å². The maximum atomic E-state index is 12.8. The molecular formula is C21H27N3O4. The van der Waals surface area contributed by atoms with Crippen molar-refractivity contribution >= 4 is 11.9 Å². The predicted molar refractivity (Wildman–Crippen MR) is 105 cm³/mol. The van der Waals surface area contributed by atoms with E-state index >= 15 is 0 Å². The summed E-state index contributed by atoms with van der Waals surface area (Å²) >= 11 is 0. The first kappa shape index (κ1) is 19.9. The lowest BCUT2D eigenvalue weighted by Crippen LogP contribution is -2.44. The fourth-order valence-electron chi connectivity index (χ4n) is 3.77. The molecule has 1 heterocycles. The van der Waals surface area contributed by atoms with Gasteiger partial charge in [0.25, 0.3) is 5.91 Å². The maximum absolute atomic E-state index is 12.8. The molecule has 0 spiro atoms. The molecule has 2 unspecified atom stereocenters. The molecule has 2 N–H and O–H groups in total. The van der Waals surface area contributed by atoms with Crippen molar-refractivity contribution in [1.29, 1.82) is 0 Å². The fraction of sp³-hybridized carbons (Fsp3) is 0.476. The number of ether oxygens (including phenoxy) is 1. The third-order valence-electron chi connectivity index (χ3n) is 5.34. The Morgan fingerprint density at radius 1 is 1.14 bits per heavy atom. The van der Waals surface area contributed by atoms with Gasteiger partial charge in [-0.15, -0.1) is 0 Å². The number of carboxylic acid groups (broad SMARTS) is 1. The van der Waals surface area contributed by atoms with Gasteiger partial charge in [0.2, 0.25) is 0 Å². The monoisotopic (exact) mass is 385 g/mol. The highest BCUT2D eigenvalue weighted by atomic mass is 16.5. The molecule has 28 heavy (non-hydrogen) atoms. The molecule has 1 aliphatic rings. The van der Waals surface area contributed by atoms with Gasteiger partial charge in [-0.1, -0.05) is 25.7 Å². The SMILES string of the molecule is COc1ccc(-n2nc(C(=O)NC3CCCCCCC3C(=O)O)cc2C)cc1. The van der Waals surface area contributed by atoms with Crippen LogP contribution in [0, 0.1) is 12.8 Å². The number of hydrogen-bond donors (Lipinski definition) is 2. The maximum Gasteiger partial charge on any atom is 0.308 e. The minimum absolute atomic E-state index is 0.291. The Kier molecular flexibility index (Phi) is 6.34. The molecule has 0 saturated heterocycles. The molecule has 150 valence electrons. The molecule has 1 aromatic carbocycles. The van der Waals surface area contributed by atoms with E-state index in [0.717, 1.165) is 42.8 Å². The highest BCUT2D eigenvalue weighted by molar-refractivity contribution is 5.93. The molecule has 3 rings (SSSR count). The molecule has 0 aliphatic heterocycles. The summed E-state index contributed by atoms with van der Waals surface area (Å²) in [5, 5.41) is 16.9. The van der Waals surface area contributed by atoms with Crippen molar-refractivity contribution in [2.75, 3.05) is 7.11 Å². The summed E-state index contributed by atoms with van der Waals surface area (Å²) in [6.07, 6.45) is 5.21. The number of carbonyl (C=O) groups is 2. The van der Waals surface area contributed by atoms with Gasteiger partial charge in [-0.3, -0.25) is 9.59 Å². The number of aromatic nitrogens is 2. The van der Waals surface area contributed by atoms with Gasteiger partial charge < -0.3 is 15.2 Å². The molecule has 1 aliphatic carbocycles. The molecule has 0 radical (unpaired) electrons. The molecule has 1 fully saturated rings. The minimum atomic E-state index is -0.841. The Balaban J connectivity index is 1.77. The molecule has 0 bridgehead atoms. The minimum Gasteiger partial charge on any atom is -0.497 e. The first-order valence-corrected chi connectivity index (χ1v) is 9.74. The zero-order valence-electron chi connectivity index (χ0n) is 16.4. The van der Waals surface area contributed by atoms with Crippen LogP contribution in [-0.4, -0.2) is 39.9 Å². The lowest BCUT2D eigenvalue weighted by Gasteiger charge is -2.26. The fourth-order valence-corrected chi connectivity index (χ4v) is 3.77. The number of methoxy groups -OCH3 is 1. The third-order valence-corrected chi connectivity index (χ3v) is 5.34. The topological polar surface area (TPSA) is 93.5 Å². The van der Waals surface area contributed by atoms with Crippen molar-refractivity contribution in [3.63, 3.8) is 0 Å². The van der Waals surface area contributed by atoms with Crippen LogP contribution >= 0.6 is 0 Å². The van der Waals surface area contributed by atoms with E-state index in [0.29, 0.717) is 18.5 Å². The second-order valence-electron chi connectivity index (χ2n) is 7.30. The predicted octanol–water partition coefficient (Wildman–Crippen LogP) is 3.34. The van der Waals surface area contributed by atoms with Gasteiger partial charge >= 0.3 is 5.97 Å². The van der Waals surface area contributed by atoms with Crippen molar-refractivity contribution < 1.29 is 19.4 Å². The number of carboxylic acids is 1. The first-order valence-electron chi connectivity index (χ1n) is 9.74. The summed E-state index contributed by atoms with van der Waals surface area (Å²) in [4.78, 5) is 24.4. The standard InChI is InChI=1S/C21H27N3O4/c1-14-13-19(23-24(14)15-9-11-16(28-2)12-10-15)20(25)22-18-8-6-4-3-5-7-17(18)21(26)27/h9-13,17-18H,3-8H2,1-2H3,(H,22,25)(H,26,27). The lowest BCUT2D eigenvalue weighted by atomic mass is 9.86. The summed E-state index contributed by atoms with van der Waals surface area (Å²) in [7, 11) is 1.61. The number of rotatable bonds is 5. The van der Waals surface area contributed by atoms with Crippen LogP contribution in [0.3, 0.4) is 0 Å². The smallest absolute Gasteiger partial charge is 0.308 e. The van der Waals surface area contributed by atoms with Gasteiger partial charge in [-0.2, -0.15) is 5.10 Å². The number of aryl methyl sites for hydroxylation is 1. The highest BCUT2D eigenvalue weighted by Gasteiger charge is 2.30. The van der Waals surface area contributed by atoms with Crippen LogP contribution < -0.4 is 10.1 Å². The number of benzene rings is 1. The zero-order valence-corrected chi connectivity index (χ0v) is 16.4. The normalized spacial score (nSPS) is 20.1. The number of nitrogens with zero attached hydrogens (tertiary/aromatic N) is 2. The van der Waals surface area contributed by atoms with E-state index in [1.54, 1.807) is 17.9 Å². The molecule has 7 nitrogen and oxygen atoms in total. The molecular weight excluding hydrogens is 358 g/mol. The van der Waals surface area contributed by atoms with Crippen LogP contribution in [0.25, 0.3) is 5.69 Å². The quantitative estimate of drug-likeness (QED) is 0.823. The largest absolute Gasteiger partial charge is 0.497 e. The Morgan fingerprint density at radius 3 is 2.46 bits per heavy atom. The Hall–Kier alpha value is -2.83. The molecule has 2 aromatic rings. The van der Waals surface area contributed by atoms with E-state index in [1.807, 2.05) is 31.2 Å². The average Bonchev–Trinajstić information content (AvgIpc) is 3.05. The van der Waals surface area contributed by atoms with Crippen LogP contribution in [0.2, 0.25) is 0 Å². The van der Waals surface area contributed by atoms with Gasteiger partial charge in [0.1, 0.15) is 5.75 Å². The Morgan fingerprint density at radius 2 is 1.82 bits per heavy atom. The van der Waals surface area contributed by atoms with Gasteiger partial charge in [0.15, 0.2) is 5.69 Å². The van der Waals surface area contributed by atoms with E-state index in [9.17, 15) is 14.7 Å². The van der Waals surface area contributed by atoms with E-state index in [4.69, 9.17) is 4.74 Å². The zero-order chi connectivity index (χ0) is 20.1. The second kappa shape index (κ2) is 8.91. The Labute approximate surface area is 164 Å². The summed E-state index contributed by atoms with van der Waals surface area (Å²) in [6, 6.07) is 8.77. The lowest BCUT2D eigenvalue weighted by molar-refractivity contribution is -0.143. The van der Waals surface area contributed by atoms with Crippen molar-refractivity contribution in [3.8, 4) is 11.4 Å². The highest BCUT2D eigenvalue weighted by Crippen LogP contribution is 2.24. The third kappa shape index (κ3) is 4.52. The van der Waals surface area contributed by atoms with Crippen LogP contribution in [0.5, 0.6) is 5.75 Å². The summed E-state index contributed by atoms with van der Waals surface area (Å²) in [5.74, 6) is -0.969. The summed E-state index contributed by atoms with van der Waals surface area (Å²) in [5.41, 5.74) is 1.94. The summed E-state index contributed by atoms with van der Waals surface area (Å²) < 4.78 is 6.87. The van der Waals surface area contributed by atoms with E-state index in [-0.39, 0.29) is 11.9 Å². The van der Waals surface area contributed by atoms with Crippen molar-refractivity contribution in [3.05, 3.63) is 41.7 Å². The van der Waals surface area contributed by atoms with Crippen molar-refractivity contribution in [2.24, 2.45) is 5.92 Å². The van der Waals surface area contributed by atoms with E-state index < -0.39 is 11.9 Å². The second-order valence-corrected chi connectivity index (χ2v) is 7.30. The van der Waals surface area contributed by atoms with E-state index in [1.165, 1.54) is 0 Å². The van der Waals surface area contributed by atoms with Gasteiger partial charge in [-0.25, -0.2) is 4.68 Å². The molecule has 1 aromatic heterocycles. The van der Waals surface area contributed by atoms with E-state index in [2.05, 4.69) is 10.4 Å². The summed E-state index contributed by atoms with van der Waals surface area (Å²) in [6.45, 7) is 1.88. The van der Waals surface area contributed by atoms with Crippen LogP contribution in [0.1, 0.15) is 54.7 Å². The number of aliphatic carboxylic acids is 1. The number of hydrogen-bond acceptors (Lipinski definition) is 4. The Bertz CT molecular complexity index is 829. The van der Waals surface area contributed by atoms with Crippen LogP contribution in [0.4, 0.5) is 0 Å². The van der Waals surface area contributed by atoms with Crippen molar-refractivity contribution in [2.45, 2.75) is 51.5 Å². The van der Waals surface area contributed by atoms with Gasteiger partial charge in [0, 0.05) is 11.7 Å². The van der Waals surface area contributed by atoms with Gasteiger partial charge in [0.05, 0.1) is 18.7 Å². The van der Waals surface area contributed by atoms with Crippen LogP contribution in [0.15, 0.2) is 30.3 Å². The van der Waals surface area contributed by atoms with Crippen LogP contribution in [-0.2, 0) is 4.79 Å². The molecule has 7 heteroatoms. The average molecular weight is 385 g/mol.